The number of para-hydroxylation sites is 2. The smallest absolute Gasteiger partial charge is 0.227 e. The first-order chi connectivity index (χ1) is 28.7. The van der Waals surface area contributed by atoms with Crippen LogP contribution in [0, 0.1) is 0 Å². The lowest BCUT2D eigenvalue weighted by Crippen LogP contribution is -2.10. The van der Waals surface area contributed by atoms with Gasteiger partial charge in [-0.15, -0.1) is 11.3 Å². The molecule has 0 amide bonds. The average Bonchev–Trinajstić information content (AvgIpc) is 3.99. The zero-order chi connectivity index (χ0) is 38.2. The van der Waals surface area contributed by atoms with Crippen LogP contribution in [-0.4, -0.2) is 9.55 Å². The quantitative estimate of drug-likeness (QED) is 0.169. The molecule has 272 valence electrons. The van der Waals surface area contributed by atoms with Gasteiger partial charge in [-0.05, 0) is 101 Å². The summed E-state index contributed by atoms with van der Waals surface area (Å²) in [5.74, 6) is 0.627. The molecule has 0 atom stereocenters. The highest BCUT2D eigenvalue weighted by molar-refractivity contribution is 7.25. The highest BCUT2D eigenvalue weighted by Gasteiger charge is 2.20. The monoisotopic (exact) mass is 759 g/mol. The van der Waals surface area contributed by atoms with Gasteiger partial charge in [-0.2, -0.15) is 0 Å². The van der Waals surface area contributed by atoms with E-state index in [1.54, 1.807) is 0 Å². The summed E-state index contributed by atoms with van der Waals surface area (Å²) in [5, 5.41) is 7.19. The zero-order valence-electron chi connectivity index (χ0n) is 31.2. The van der Waals surface area contributed by atoms with Crippen LogP contribution in [0.3, 0.4) is 0 Å². The molecule has 0 aliphatic carbocycles. The highest BCUT2D eigenvalue weighted by Crippen LogP contribution is 2.44. The summed E-state index contributed by atoms with van der Waals surface area (Å²) in [6, 6.07) is 71.6. The molecule has 58 heavy (non-hydrogen) atoms. The molecule has 0 aliphatic rings. The first-order valence-electron chi connectivity index (χ1n) is 19.5. The molecular weight excluding hydrogens is 727 g/mol. The van der Waals surface area contributed by atoms with Gasteiger partial charge < -0.3 is 13.9 Å². The Morgan fingerprint density at radius 3 is 1.88 bits per heavy atom. The second-order valence-corrected chi connectivity index (χ2v) is 15.8. The van der Waals surface area contributed by atoms with Crippen molar-refractivity contribution in [3.8, 4) is 28.3 Å². The summed E-state index contributed by atoms with van der Waals surface area (Å²) in [6.45, 7) is 0. The molecule has 0 bridgehead atoms. The molecule has 9 aromatic carbocycles. The van der Waals surface area contributed by atoms with Crippen molar-refractivity contribution >= 4 is 92.2 Å². The van der Waals surface area contributed by atoms with Crippen LogP contribution < -0.4 is 4.90 Å². The van der Waals surface area contributed by atoms with Crippen molar-refractivity contribution in [3.05, 3.63) is 200 Å². The van der Waals surface area contributed by atoms with E-state index in [-0.39, 0.29) is 0 Å². The van der Waals surface area contributed by atoms with Crippen molar-refractivity contribution < 1.29 is 4.42 Å². The number of benzene rings is 9. The second-order valence-electron chi connectivity index (χ2n) is 14.8. The van der Waals surface area contributed by atoms with E-state index < -0.39 is 0 Å². The van der Waals surface area contributed by atoms with Crippen molar-refractivity contribution in [2.75, 3.05) is 4.90 Å². The minimum absolute atomic E-state index is 0.627. The predicted octanol–water partition coefficient (Wildman–Crippen LogP) is 15.2. The van der Waals surface area contributed by atoms with Gasteiger partial charge >= 0.3 is 0 Å². The highest BCUT2D eigenvalue weighted by atomic mass is 32.1. The molecule has 0 saturated carbocycles. The lowest BCUT2D eigenvalue weighted by molar-refractivity contribution is 0.623. The van der Waals surface area contributed by atoms with Crippen molar-refractivity contribution in [2.24, 2.45) is 0 Å². The lowest BCUT2D eigenvalue weighted by atomic mass is 9.97. The number of oxazole rings is 1. The summed E-state index contributed by atoms with van der Waals surface area (Å²) >= 11 is 1.85. The summed E-state index contributed by atoms with van der Waals surface area (Å²) in [5.41, 5.74) is 11.6. The van der Waals surface area contributed by atoms with Gasteiger partial charge in [-0.3, -0.25) is 0 Å². The van der Waals surface area contributed by atoms with Gasteiger partial charge in [-0.25, -0.2) is 4.98 Å². The second kappa shape index (κ2) is 13.1. The number of fused-ring (bicyclic) bond motifs is 9. The maximum atomic E-state index is 6.43. The molecule has 0 radical (unpaired) electrons. The third-order valence-corrected chi connectivity index (χ3v) is 12.6. The molecular formula is C53H33N3OS. The standard InChI is InChI=1S/C53H33N3OS/c1-3-13-35(14-4-1)53-54-47-33-45(40-17-7-8-20-44(40)52(47)57-53)34-23-25-37(26-24-34)55(38-28-30-51-46(31-38)43-19-10-12-22-50(43)58-51)39-27-29-42-41-18-9-11-21-48(41)56(49(42)32-39)36-15-5-2-6-16-36/h1-33H. The van der Waals surface area contributed by atoms with Crippen molar-refractivity contribution in [1.29, 1.82) is 0 Å². The van der Waals surface area contributed by atoms with Crippen LogP contribution in [0.1, 0.15) is 0 Å². The molecule has 0 N–H and O–H groups in total. The normalized spacial score (nSPS) is 11.8. The summed E-state index contributed by atoms with van der Waals surface area (Å²) < 4.78 is 11.4. The van der Waals surface area contributed by atoms with Crippen LogP contribution >= 0.6 is 11.3 Å². The molecule has 3 heterocycles. The van der Waals surface area contributed by atoms with E-state index in [0.717, 1.165) is 66.8 Å². The molecule has 0 spiro atoms. The van der Waals surface area contributed by atoms with Gasteiger partial charge in [-0.1, -0.05) is 115 Å². The van der Waals surface area contributed by atoms with E-state index in [4.69, 9.17) is 9.40 Å². The van der Waals surface area contributed by atoms with Gasteiger partial charge in [0.15, 0.2) is 5.58 Å². The van der Waals surface area contributed by atoms with Gasteiger partial charge in [0.05, 0.1) is 11.0 Å². The summed E-state index contributed by atoms with van der Waals surface area (Å²) in [6.07, 6.45) is 0. The molecule has 5 heteroatoms. The molecule has 12 rings (SSSR count). The molecule has 0 unspecified atom stereocenters. The van der Waals surface area contributed by atoms with Crippen molar-refractivity contribution in [1.82, 2.24) is 9.55 Å². The molecule has 0 fully saturated rings. The maximum absolute atomic E-state index is 6.43. The number of anilines is 3. The third-order valence-electron chi connectivity index (χ3n) is 11.4. The van der Waals surface area contributed by atoms with Gasteiger partial charge in [0.25, 0.3) is 0 Å². The number of rotatable bonds is 6. The minimum Gasteiger partial charge on any atom is -0.435 e. The number of thiophene rings is 1. The number of hydrogen-bond acceptors (Lipinski definition) is 4. The third kappa shape index (κ3) is 5.18. The van der Waals surface area contributed by atoms with E-state index in [2.05, 4.69) is 179 Å². The number of nitrogens with zero attached hydrogens (tertiary/aromatic N) is 3. The zero-order valence-corrected chi connectivity index (χ0v) is 32.0. The minimum atomic E-state index is 0.627. The van der Waals surface area contributed by atoms with Gasteiger partial charge in [0.2, 0.25) is 5.89 Å². The topological polar surface area (TPSA) is 34.2 Å². The van der Waals surface area contributed by atoms with E-state index in [1.807, 2.05) is 41.7 Å². The average molecular weight is 760 g/mol. The van der Waals surface area contributed by atoms with Crippen LogP contribution in [0.5, 0.6) is 0 Å². The van der Waals surface area contributed by atoms with Crippen molar-refractivity contribution in [3.63, 3.8) is 0 Å². The Bertz CT molecular complexity index is 3510. The van der Waals surface area contributed by atoms with Crippen LogP contribution in [0.15, 0.2) is 205 Å². The first kappa shape index (κ1) is 32.7. The van der Waals surface area contributed by atoms with E-state index in [1.165, 1.54) is 36.5 Å². The first-order valence-corrected chi connectivity index (χ1v) is 20.4. The largest absolute Gasteiger partial charge is 0.435 e. The Hall–Kier alpha value is -7.47. The Kier molecular flexibility index (Phi) is 7.37. The molecule has 4 nitrogen and oxygen atoms in total. The van der Waals surface area contributed by atoms with E-state index in [0.29, 0.717) is 5.89 Å². The fraction of sp³-hybridized carbons (Fsp3) is 0. The van der Waals surface area contributed by atoms with Crippen LogP contribution in [-0.2, 0) is 0 Å². The Morgan fingerprint density at radius 1 is 0.431 bits per heavy atom. The predicted molar refractivity (Wildman–Crippen MR) is 244 cm³/mol. The van der Waals surface area contributed by atoms with Crippen LogP contribution in [0.2, 0.25) is 0 Å². The van der Waals surface area contributed by atoms with Gasteiger partial charge in [0.1, 0.15) is 5.52 Å². The van der Waals surface area contributed by atoms with E-state index >= 15 is 0 Å². The van der Waals surface area contributed by atoms with Crippen LogP contribution in [0.4, 0.5) is 17.1 Å². The molecule has 0 saturated heterocycles. The lowest BCUT2D eigenvalue weighted by Gasteiger charge is -2.26. The van der Waals surface area contributed by atoms with Gasteiger partial charge in [0, 0.05) is 64.6 Å². The fourth-order valence-electron chi connectivity index (χ4n) is 8.74. The molecule has 3 aromatic heterocycles. The van der Waals surface area contributed by atoms with Crippen LogP contribution in [0.25, 0.3) is 92.1 Å². The van der Waals surface area contributed by atoms with E-state index in [9.17, 15) is 0 Å². The fourth-order valence-corrected chi connectivity index (χ4v) is 9.83. The summed E-state index contributed by atoms with van der Waals surface area (Å²) in [7, 11) is 0. The molecule has 0 aliphatic heterocycles. The number of hydrogen-bond donors (Lipinski definition) is 0. The number of aromatic nitrogens is 2. The Balaban J connectivity index is 1.04. The summed E-state index contributed by atoms with van der Waals surface area (Å²) in [4.78, 5) is 7.38. The Labute approximate surface area is 338 Å². The Morgan fingerprint density at radius 2 is 1.05 bits per heavy atom. The maximum Gasteiger partial charge on any atom is 0.227 e. The molecule has 12 aromatic rings. The van der Waals surface area contributed by atoms with Crippen molar-refractivity contribution in [2.45, 2.75) is 0 Å². The SMILES string of the molecule is c1ccc(-c2nc3cc(-c4ccc(N(c5ccc6sc7ccccc7c6c5)c5ccc6c7ccccc7n(-c7ccccc7)c6c5)cc4)c4ccccc4c3o2)cc1.